The molecule has 0 spiro atoms. The van der Waals surface area contributed by atoms with Gasteiger partial charge in [0.05, 0.1) is 5.02 Å². The molecule has 0 aliphatic heterocycles. The van der Waals surface area contributed by atoms with Crippen LogP contribution in [0.25, 0.3) is 0 Å². The molecule has 0 saturated carbocycles. The van der Waals surface area contributed by atoms with E-state index < -0.39 is 0 Å². The van der Waals surface area contributed by atoms with Crippen LogP contribution in [0.15, 0.2) is 42.5 Å². The molecule has 2 aromatic carbocycles. The van der Waals surface area contributed by atoms with Gasteiger partial charge in [-0.1, -0.05) is 41.9 Å². The molecule has 1 N–H and O–H groups in total. The Balaban J connectivity index is 1.79. The average molecular weight is 304 g/mol. The highest BCUT2D eigenvalue weighted by Gasteiger charge is 2.21. The quantitative estimate of drug-likeness (QED) is 0.821. The van der Waals surface area contributed by atoms with Crippen molar-refractivity contribution in [1.29, 1.82) is 0 Å². The average Bonchev–Trinajstić information content (AvgIpc) is 2.50. The zero-order valence-corrected chi connectivity index (χ0v) is 12.8. The second-order valence-electron chi connectivity index (χ2n) is 5.71. The Hall–Kier alpha value is -1.38. The second kappa shape index (κ2) is 6.17. The molecule has 3 heteroatoms. The largest absolute Gasteiger partial charge is 0.303 e. The Bertz CT molecular complexity index is 641. The molecule has 1 aliphatic rings. The van der Waals surface area contributed by atoms with Gasteiger partial charge in [-0.3, -0.25) is 0 Å². The maximum Gasteiger partial charge on any atom is 0.142 e. The zero-order valence-electron chi connectivity index (χ0n) is 12.1. The number of hydrogen-bond donors (Lipinski definition) is 1. The molecule has 0 saturated heterocycles. The van der Waals surface area contributed by atoms with E-state index in [0.717, 1.165) is 18.4 Å². The first kappa shape index (κ1) is 14.6. The van der Waals surface area contributed by atoms with Crippen molar-refractivity contribution in [1.82, 2.24) is 5.32 Å². The lowest BCUT2D eigenvalue weighted by molar-refractivity contribution is 0.414. The maximum absolute atomic E-state index is 13.6. The molecule has 0 bridgehead atoms. The predicted octanol–water partition coefficient (Wildman–Crippen LogP) is 5.21. The highest BCUT2D eigenvalue weighted by atomic mass is 35.5. The Morgan fingerprint density at radius 3 is 2.86 bits per heavy atom. The van der Waals surface area contributed by atoms with E-state index in [1.54, 1.807) is 6.07 Å². The molecule has 3 rings (SSSR count). The van der Waals surface area contributed by atoms with E-state index in [-0.39, 0.29) is 16.9 Å². The fourth-order valence-corrected chi connectivity index (χ4v) is 3.22. The van der Waals surface area contributed by atoms with E-state index in [1.165, 1.54) is 23.6 Å². The lowest BCUT2D eigenvalue weighted by Crippen LogP contribution is -2.27. The van der Waals surface area contributed by atoms with Gasteiger partial charge in [0.25, 0.3) is 0 Å². The number of aryl methyl sites for hydroxylation is 1. The van der Waals surface area contributed by atoms with Gasteiger partial charge >= 0.3 is 0 Å². The number of rotatable bonds is 3. The Kier molecular flexibility index (Phi) is 4.27. The van der Waals surface area contributed by atoms with Gasteiger partial charge in [0, 0.05) is 12.1 Å². The Labute approximate surface area is 130 Å². The second-order valence-corrected chi connectivity index (χ2v) is 6.11. The minimum Gasteiger partial charge on any atom is -0.303 e. The molecular weight excluding hydrogens is 285 g/mol. The number of benzene rings is 2. The van der Waals surface area contributed by atoms with Crippen LogP contribution in [-0.2, 0) is 6.42 Å². The van der Waals surface area contributed by atoms with E-state index >= 15 is 0 Å². The van der Waals surface area contributed by atoms with Gasteiger partial charge < -0.3 is 5.32 Å². The lowest BCUT2D eigenvalue weighted by Gasteiger charge is -2.29. The summed E-state index contributed by atoms with van der Waals surface area (Å²) in [5.41, 5.74) is 3.74. The van der Waals surface area contributed by atoms with Crippen molar-refractivity contribution < 1.29 is 4.39 Å². The van der Waals surface area contributed by atoms with Gasteiger partial charge in [-0.2, -0.15) is 0 Å². The molecule has 1 aliphatic carbocycles. The van der Waals surface area contributed by atoms with Crippen LogP contribution >= 0.6 is 11.6 Å². The summed E-state index contributed by atoms with van der Waals surface area (Å²) in [4.78, 5) is 0. The van der Waals surface area contributed by atoms with Crippen molar-refractivity contribution in [3.8, 4) is 0 Å². The number of hydrogen-bond acceptors (Lipinski definition) is 1. The summed E-state index contributed by atoms with van der Waals surface area (Å²) in [6.07, 6.45) is 3.46. The van der Waals surface area contributed by atoms with Crippen LogP contribution in [0.2, 0.25) is 5.02 Å². The van der Waals surface area contributed by atoms with Gasteiger partial charge in [0.1, 0.15) is 5.82 Å². The lowest BCUT2D eigenvalue weighted by atomic mass is 9.87. The molecule has 2 unspecified atom stereocenters. The van der Waals surface area contributed by atoms with Gasteiger partial charge in [0.2, 0.25) is 0 Å². The smallest absolute Gasteiger partial charge is 0.142 e. The van der Waals surface area contributed by atoms with Crippen molar-refractivity contribution in [2.24, 2.45) is 0 Å². The third kappa shape index (κ3) is 3.12. The highest BCUT2D eigenvalue weighted by Crippen LogP contribution is 2.32. The van der Waals surface area contributed by atoms with Crippen molar-refractivity contribution in [2.75, 3.05) is 0 Å². The summed E-state index contributed by atoms with van der Waals surface area (Å²) < 4.78 is 13.6. The van der Waals surface area contributed by atoms with Crippen molar-refractivity contribution in [3.05, 3.63) is 70.0 Å². The van der Waals surface area contributed by atoms with E-state index in [1.807, 2.05) is 6.07 Å². The molecule has 0 radical (unpaired) electrons. The van der Waals surface area contributed by atoms with Crippen molar-refractivity contribution >= 4 is 11.6 Å². The van der Waals surface area contributed by atoms with Crippen LogP contribution in [0, 0.1) is 5.82 Å². The summed E-state index contributed by atoms with van der Waals surface area (Å²) in [5, 5.41) is 3.80. The SMILES string of the molecule is CC(NC1CCCc2ccccc21)c1ccc(Cl)c(F)c1. The summed E-state index contributed by atoms with van der Waals surface area (Å²) in [6, 6.07) is 14.0. The van der Waals surface area contributed by atoms with Crippen LogP contribution < -0.4 is 5.32 Å². The Morgan fingerprint density at radius 2 is 2.05 bits per heavy atom. The maximum atomic E-state index is 13.6. The van der Waals surface area contributed by atoms with E-state index in [0.29, 0.717) is 6.04 Å². The summed E-state index contributed by atoms with van der Waals surface area (Å²) >= 11 is 5.75. The normalized spacial score (nSPS) is 19.1. The highest BCUT2D eigenvalue weighted by molar-refractivity contribution is 6.30. The summed E-state index contributed by atoms with van der Waals surface area (Å²) in [5.74, 6) is -0.355. The number of fused-ring (bicyclic) bond motifs is 1. The first-order valence-electron chi connectivity index (χ1n) is 7.44. The third-order valence-corrected chi connectivity index (χ3v) is 4.57. The summed E-state index contributed by atoms with van der Waals surface area (Å²) in [7, 11) is 0. The minimum atomic E-state index is -0.355. The fraction of sp³-hybridized carbons (Fsp3) is 0.333. The molecule has 0 fully saturated rings. The standard InChI is InChI=1S/C18H19ClFN/c1-12(14-9-10-16(19)17(20)11-14)21-18-8-4-6-13-5-2-3-7-15(13)18/h2-3,5,7,9-12,18,21H,4,6,8H2,1H3. The van der Waals surface area contributed by atoms with Gasteiger partial charge in [-0.15, -0.1) is 0 Å². The van der Waals surface area contributed by atoms with Crippen LogP contribution in [-0.4, -0.2) is 0 Å². The number of halogens is 2. The molecule has 2 aromatic rings. The third-order valence-electron chi connectivity index (χ3n) is 4.26. The van der Waals surface area contributed by atoms with Crippen molar-refractivity contribution in [2.45, 2.75) is 38.3 Å². The monoisotopic (exact) mass is 303 g/mol. The van der Waals surface area contributed by atoms with Gasteiger partial charge in [0.15, 0.2) is 0 Å². The molecule has 0 aromatic heterocycles. The molecular formula is C18H19ClFN. The van der Waals surface area contributed by atoms with Crippen LogP contribution in [0.1, 0.15) is 48.5 Å². The van der Waals surface area contributed by atoms with E-state index in [2.05, 4.69) is 36.5 Å². The van der Waals surface area contributed by atoms with Crippen LogP contribution in [0.4, 0.5) is 4.39 Å². The minimum absolute atomic E-state index is 0.0907. The molecule has 0 heterocycles. The first-order valence-corrected chi connectivity index (χ1v) is 7.82. The fourth-order valence-electron chi connectivity index (χ4n) is 3.11. The van der Waals surface area contributed by atoms with Crippen LogP contribution in [0.5, 0.6) is 0 Å². The van der Waals surface area contributed by atoms with E-state index in [4.69, 9.17) is 11.6 Å². The van der Waals surface area contributed by atoms with Gasteiger partial charge in [-0.05, 0) is 55.0 Å². The van der Waals surface area contributed by atoms with Crippen LogP contribution in [0.3, 0.4) is 0 Å². The number of nitrogens with one attached hydrogen (secondary N) is 1. The van der Waals surface area contributed by atoms with Gasteiger partial charge in [-0.25, -0.2) is 4.39 Å². The van der Waals surface area contributed by atoms with Crippen molar-refractivity contribution in [3.63, 3.8) is 0 Å². The van der Waals surface area contributed by atoms with E-state index in [9.17, 15) is 4.39 Å². The molecule has 110 valence electrons. The topological polar surface area (TPSA) is 12.0 Å². The summed E-state index contributed by atoms with van der Waals surface area (Å²) in [6.45, 7) is 2.07. The molecule has 2 atom stereocenters. The molecule has 1 nitrogen and oxygen atoms in total. The predicted molar refractivity (Wildman–Crippen MR) is 85.1 cm³/mol. The molecule has 0 amide bonds. The zero-order chi connectivity index (χ0) is 14.8. The first-order chi connectivity index (χ1) is 10.1. The Morgan fingerprint density at radius 1 is 1.24 bits per heavy atom. The molecule has 21 heavy (non-hydrogen) atoms.